The maximum Gasteiger partial charge on any atom is 0.283 e. The van der Waals surface area contributed by atoms with E-state index in [0.717, 1.165) is 13.0 Å². The van der Waals surface area contributed by atoms with Gasteiger partial charge in [0.2, 0.25) is 0 Å². The molecule has 1 aliphatic rings. The molecule has 0 saturated carbocycles. The zero-order valence-corrected chi connectivity index (χ0v) is 16.9. The van der Waals surface area contributed by atoms with Gasteiger partial charge in [0.25, 0.3) is 15.9 Å². The number of rotatable bonds is 5. The van der Waals surface area contributed by atoms with Crippen LogP contribution in [0.4, 0.5) is 11.5 Å². The smallest absolute Gasteiger partial charge is 0.283 e. The Morgan fingerprint density at radius 2 is 1.93 bits per heavy atom. The second kappa shape index (κ2) is 7.97. The number of carbonyl (C=O) groups excluding carboxylic acids is 1. The highest BCUT2D eigenvalue weighted by Crippen LogP contribution is 2.21. The van der Waals surface area contributed by atoms with Gasteiger partial charge < -0.3 is 15.1 Å². The summed E-state index contributed by atoms with van der Waals surface area (Å²) in [6, 6.07) is 9.37. The van der Waals surface area contributed by atoms with Gasteiger partial charge in [-0.2, -0.15) is 8.42 Å². The number of likely N-dealkylation sites (tertiary alicyclic amines) is 1. The molecule has 0 unspecified atom stereocenters. The third-order valence-corrected chi connectivity index (χ3v) is 5.74. The van der Waals surface area contributed by atoms with E-state index in [-0.39, 0.29) is 10.8 Å². The van der Waals surface area contributed by atoms with Gasteiger partial charge in [0.15, 0.2) is 0 Å². The number of amidine groups is 1. The summed E-state index contributed by atoms with van der Waals surface area (Å²) in [5.74, 6) is 0.807. The number of hydrogen-bond donors (Lipinski definition) is 1. The molecule has 8 nitrogen and oxygen atoms in total. The predicted octanol–water partition coefficient (Wildman–Crippen LogP) is 2.21. The largest absolute Gasteiger partial charge is 0.362 e. The van der Waals surface area contributed by atoms with Crippen molar-refractivity contribution in [2.75, 3.05) is 37.9 Å². The third-order valence-electron chi connectivity index (χ3n) is 4.43. The molecule has 2 heterocycles. The lowest BCUT2D eigenvalue weighted by Gasteiger charge is -2.15. The summed E-state index contributed by atoms with van der Waals surface area (Å²) >= 11 is 0. The van der Waals surface area contributed by atoms with Crippen molar-refractivity contribution in [2.45, 2.75) is 17.7 Å². The molecule has 1 aromatic carbocycles. The van der Waals surface area contributed by atoms with Crippen molar-refractivity contribution in [3.05, 3.63) is 48.2 Å². The number of nitrogens with zero attached hydrogens (tertiary/aromatic N) is 4. The summed E-state index contributed by atoms with van der Waals surface area (Å²) in [5, 5.41) is 2.77. The first-order valence-electron chi connectivity index (χ1n) is 8.86. The van der Waals surface area contributed by atoms with E-state index >= 15 is 0 Å². The van der Waals surface area contributed by atoms with Crippen molar-refractivity contribution >= 4 is 33.3 Å². The number of anilines is 2. The lowest BCUT2D eigenvalue weighted by Crippen LogP contribution is -2.20. The van der Waals surface area contributed by atoms with E-state index < -0.39 is 10.0 Å². The number of nitrogens with one attached hydrogen (secondary N) is 1. The first-order valence-corrected chi connectivity index (χ1v) is 10.3. The van der Waals surface area contributed by atoms with Crippen molar-refractivity contribution in [1.29, 1.82) is 0 Å². The SMILES string of the molecule is CN1CCCC1=NS(=O)(=O)c1ccc(NC(=O)c2cccnc2N(C)C)cc1. The van der Waals surface area contributed by atoms with Crippen LogP contribution in [0.2, 0.25) is 0 Å². The number of aromatic nitrogens is 1. The number of carbonyl (C=O) groups is 1. The van der Waals surface area contributed by atoms with E-state index in [1.54, 1.807) is 35.4 Å². The van der Waals surface area contributed by atoms with Crippen molar-refractivity contribution in [3.63, 3.8) is 0 Å². The summed E-state index contributed by atoms with van der Waals surface area (Å²) in [4.78, 5) is 20.5. The van der Waals surface area contributed by atoms with Gasteiger partial charge in [-0.1, -0.05) is 0 Å². The second-order valence-corrected chi connectivity index (χ2v) is 8.36. The van der Waals surface area contributed by atoms with Crippen molar-refractivity contribution in [2.24, 2.45) is 4.40 Å². The summed E-state index contributed by atoms with van der Waals surface area (Å²) < 4.78 is 28.9. The Balaban J connectivity index is 1.77. The molecular formula is C19H23N5O3S. The van der Waals surface area contributed by atoms with Crippen molar-refractivity contribution < 1.29 is 13.2 Å². The standard InChI is InChI=1S/C19H23N5O3S/c1-23(2)18-16(6-4-12-20-18)19(25)21-14-8-10-15(11-9-14)28(26,27)22-17-7-5-13-24(17)3/h4,6,8-12H,5,7,13H2,1-3H3,(H,21,25). The van der Waals surface area contributed by atoms with Crippen LogP contribution in [0.3, 0.4) is 0 Å². The average Bonchev–Trinajstić information content (AvgIpc) is 3.06. The van der Waals surface area contributed by atoms with Crippen LogP contribution in [-0.4, -0.2) is 57.7 Å². The fraction of sp³-hybridized carbons (Fsp3) is 0.316. The minimum absolute atomic E-state index is 0.0913. The Bertz CT molecular complexity index is 1000. The van der Waals surface area contributed by atoms with E-state index in [1.165, 1.54) is 12.1 Å². The topological polar surface area (TPSA) is 95.0 Å². The molecule has 0 bridgehead atoms. The van der Waals surface area contributed by atoms with Crippen LogP contribution in [0, 0.1) is 0 Å². The average molecular weight is 401 g/mol. The highest BCUT2D eigenvalue weighted by atomic mass is 32.2. The van der Waals surface area contributed by atoms with Crippen LogP contribution < -0.4 is 10.2 Å². The molecule has 1 amide bonds. The van der Waals surface area contributed by atoms with Gasteiger partial charge in [0.1, 0.15) is 11.7 Å². The van der Waals surface area contributed by atoms with Crippen molar-refractivity contribution in [3.8, 4) is 0 Å². The minimum Gasteiger partial charge on any atom is -0.362 e. The molecule has 28 heavy (non-hydrogen) atoms. The van der Waals surface area contributed by atoms with Crippen LogP contribution >= 0.6 is 0 Å². The molecule has 1 fully saturated rings. The molecule has 0 atom stereocenters. The van der Waals surface area contributed by atoms with Gasteiger partial charge in [-0.15, -0.1) is 4.40 Å². The molecule has 2 aromatic rings. The third kappa shape index (κ3) is 4.30. The highest BCUT2D eigenvalue weighted by Gasteiger charge is 2.20. The molecule has 1 N–H and O–H groups in total. The van der Waals surface area contributed by atoms with Crippen LogP contribution in [0.15, 0.2) is 51.9 Å². The fourth-order valence-electron chi connectivity index (χ4n) is 2.94. The first-order chi connectivity index (χ1) is 13.3. The molecule has 9 heteroatoms. The van der Waals surface area contributed by atoms with Gasteiger partial charge in [-0.05, 0) is 42.8 Å². The Morgan fingerprint density at radius 3 is 2.54 bits per heavy atom. The lowest BCUT2D eigenvalue weighted by atomic mass is 10.2. The Labute approximate surface area is 165 Å². The number of amides is 1. The Hall–Kier alpha value is -2.94. The van der Waals surface area contributed by atoms with E-state index in [1.807, 2.05) is 26.0 Å². The highest BCUT2D eigenvalue weighted by molar-refractivity contribution is 7.90. The number of pyridine rings is 1. The fourth-order valence-corrected chi connectivity index (χ4v) is 4.03. The maximum atomic E-state index is 12.6. The summed E-state index contributed by atoms with van der Waals surface area (Å²) in [6.07, 6.45) is 3.18. The molecule has 148 valence electrons. The molecule has 3 rings (SSSR count). The van der Waals surface area contributed by atoms with Gasteiger partial charge in [0, 0.05) is 46.0 Å². The predicted molar refractivity (Wildman–Crippen MR) is 109 cm³/mol. The molecule has 1 aromatic heterocycles. The van der Waals surface area contributed by atoms with Gasteiger partial charge in [-0.3, -0.25) is 4.79 Å². The Morgan fingerprint density at radius 1 is 1.21 bits per heavy atom. The van der Waals surface area contributed by atoms with Crippen LogP contribution in [0.5, 0.6) is 0 Å². The quantitative estimate of drug-likeness (QED) is 0.825. The first kappa shape index (κ1) is 19.8. The van der Waals surface area contributed by atoms with Crippen LogP contribution in [0.1, 0.15) is 23.2 Å². The number of sulfonamides is 1. The lowest BCUT2D eigenvalue weighted by molar-refractivity contribution is 0.102. The van der Waals surface area contributed by atoms with E-state index in [0.29, 0.717) is 29.3 Å². The molecule has 0 radical (unpaired) electrons. The maximum absolute atomic E-state index is 12.6. The molecular weight excluding hydrogens is 378 g/mol. The van der Waals surface area contributed by atoms with E-state index in [9.17, 15) is 13.2 Å². The molecule has 1 aliphatic heterocycles. The summed E-state index contributed by atoms with van der Waals surface area (Å²) in [6.45, 7) is 0.808. The molecule has 0 aliphatic carbocycles. The summed E-state index contributed by atoms with van der Waals surface area (Å²) in [5.41, 5.74) is 0.919. The zero-order valence-electron chi connectivity index (χ0n) is 16.1. The number of benzene rings is 1. The van der Waals surface area contributed by atoms with Gasteiger partial charge in [0.05, 0.1) is 10.5 Å². The normalized spacial score (nSPS) is 15.7. The van der Waals surface area contributed by atoms with E-state index in [2.05, 4.69) is 14.7 Å². The minimum atomic E-state index is -3.78. The van der Waals surface area contributed by atoms with E-state index in [4.69, 9.17) is 0 Å². The monoisotopic (exact) mass is 401 g/mol. The van der Waals surface area contributed by atoms with Gasteiger partial charge in [-0.25, -0.2) is 4.98 Å². The second-order valence-electron chi connectivity index (χ2n) is 6.76. The van der Waals surface area contributed by atoms with Crippen LogP contribution in [-0.2, 0) is 10.0 Å². The van der Waals surface area contributed by atoms with Crippen LogP contribution in [0.25, 0.3) is 0 Å². The zero-order chi connectivity index (χ0) is 20.3. The van der Waals surface area contributed by atoms with Crippen molar-refractivity contribution in [1.82, 2.24) is 9.88 Å². The number of hydrogen-bond acceptors (Lipinski definition) is 5. The molecule has 0 spiro atoms. The van der Waals surface area contributed by atoms with Gasteiger partial charge >= 0.3 is 0 Å². The summed E-state index contributed by atoms with van der Waals surface area (Å²) in [7, 11) is 1.67. The Kier molecular flexibility index (Phi) is 5.64. The molecule has 1 saturated heterocycles.